The van der Waals surface area contributed by atoms with E-state index in [1.165, 1.54) is 5.56 Å². The van der Waals surface area contributed by atoms with Gasteiger partial charge in [-0.15, -0.1) is 0 Å². The van der Waals surface area contributed by atoms with Gasteiger partial charge in [-0.1, -0.05) is 84.0 Å². The zero-order valence-electron chi connectivity index (χ0n) is 20.4. The summed E-state index contributed by atoms with van der Waals surface area (Å²) in [4.78, 5) is 27.7. The molecule has 2 aromatic rings. The molecule has 5 nitrogen and oxygen atoms in total. The van der Waals surface area contributed by atoms with Crippen molar-refractivity contribution in [3.63, 3.8) is 0 Å². The van der Waals surface area contributed by atoms with Crippen LogP contribution in [0.5, 0.6) is 5.75 Å². The van der Waals surface area contributed by atoms with Crippen LogP contribution in [0.2, 0.25) is 0 Å². The summed E-state index contributed by atoms with van der Waals surface area (Å²) in [7, 11) is 0. The van der Waals surface area contributed by atoms with Crippen molar-refractivity contribution in [2.75, 3.05) is 13.2 Å². The van der Waals surface area contributed by atoms with Crippen molar-refractivity contribution in [1.29, 1.82) is 0 Å². The van der Waals surface area contributed by atoms with Gasteiger partial charge in [0.2, 0.25) is 5.91 Å². The van der Waals surface area contributed by atoms with E-state index in [1.807, 2.05) is 75.4 Å². The molecule has 0 saturated carbocycles. The van der Waals surface area contributed by atoms with E-state index in [0.717, 1.165) is 5.56 Å². The lowest BCUT2D eigenvalue weighted by Crippen LogP contribution is -2.50. The smallest absolute Gasteiger partial charge is 0.261 e. The monoisotopic (exact) mass is 438 g/mol. The number of nitrogens with one attached hydrogen (secondary N) is 1. The molecule has 32 heavy (non-hydrogen) atoms. The molecule has 0 unspecified atom stereocenters. The molecule has 0 aliphatic rings. The van der Waals surface area contributed by atoms with Crippen LogP contribution in [-0.4, -0.2) is 35.9 Å². The first-order chi connectivity index (χ1) is 15.1. The second-order valence-corrected chi connectivity index (χ2v) is 9.63. The molecule has 2 aromatic carbocycles. The van der Waals surface area contributed by atoms with Gasteiger partial charge in [-0.3, -0.25) is 9.59 Å². The van der Waals surface area contributed by atoms with Crippen molar-refractivity contribution in [3.8, 4) is 5.75 Å². The van der Waals surface area contributed by atoms with Crippen LogP contribution in [0.3, 0.4) is 0 Å². The fraction of sp³-hybridized carbons (Fsp3) is 0.481. The molecule has 0 radical (unpaired) electrons. The third-order valence-electron chi connectivity index (χ3n) is 5.35. The molecule has 1 N–H and O–H groups in total. The van der Waals surface area contributed by atoms with Gasteiger partial charge in [0.1, 0.15) is 11.8 Å². The molecule has 174 valence electrons. The van der Waals surface area contributed by atoms with Crippen LogP contribution in [0.4, 0.5) is 0 Å². The van der Waals surface area contributed by atoms with E-state index >= 15 is 0 Å². The number of carbonyl (C=O) groups is 2. The maximum Gasteiger partial charge on any atom is 0.261 e. The minimum Gasteiger partial charge on any atom is -0.484 e. The maximum absolute atomic E-state index is 13.2. The molecule has 2 amide bonds. The Labute approximate surface area is 193 Å². The molecule has 5 heteroatoms. The molecule has 0 bridgehead atoms. The molecule has 0 spiro atoms. The number of carbonyl (C=O) groups excluding carboxylic acids is 2. The zero-order valence-corrected chi connectivity index (χ0v) is 20.4. The van der Waals surface area contributed by atoms with Crippen LogP contribution in [-0.2, 0) is 21.5 Å². The van der Waals surface area contributed by atoms with E-state index in [2.05, 4.69) is 26.1 Å². The predicted molar refractivity (Wildman–Crippen MR) is 130 cm³/mol. The number of rotatable bonds is 10. The van der Waals surface area contributed by atoms with Gasteiger partial charge in [-0.05, 0) is 41.0 Å². The molecule has 1 atom stereocenters. The minimum absolute atomic E-state index is 0.0541. The zero-order chi connectivity index (χ0) is 23.7. The van der Waals surface area contributed by atoms with Gasteiger partial charge in [0.25, 0.3) is 5.91 Å². The van der Waals surface area contributed by atoms with Crippen LogP contribution >= 0.6 is 0 Å². The van der Waals surface area contributed by atoms with E-state index in [4.69, 9.17) is 4.74 Å². The van der Waals surface area contributed by atoms with Crippen LogP contribution in [0.25, 0.3) is 0 Å². The highest BCUT2D eigenvalue weighted by atomic mass is 16.5. The Balaban J connectivity index is 2.14. The lowest BCUT2D eigenvalue weighted by molar-refractivity contribution is -0.143. The highest BCUT2D eigenvalue weighted by molar-refractivity contribution is 5.88. The Morgan fingerprint density at radius 2 is 1.62 bits per heavy atom. The molecule has 2 rings (SSSR count). The highest BCUT2D eigenvalue weighted by Gasteiger charge is 2.29. The average molecular weight is 439 g/mol. The fourth-order valence-electron chi connectivity index (χ4n) is 3.40. The van der Waals surface area contributed by atoms with Crippen molar-refractivity contribution >= 4 is 11.8 Å². The van der Waals surface area contributed by atoms with Crippen molar-refractivity contribution in [2.24, 2.45) is 5.92 Å². The Kier molecular flexibility index (Phi) is 9.30. The maximum atomic E-state index is 13.2. The van der Waals surface area contributed by atoms with Gasteiger partial charge in [0.15, 0.2) is 6.61 Å². The van der Waals surface area contributed by atoms with Crippen LogP contribution in [0, 0.1) is 5.92 Å². The third-order valence-corrected chi connectivity index (χ3v) is 5.35. The van der Waals surface area contributed by atoms with Gasteiger partial charge in [-0.25, -0.2) is 0 Å². The van der Waals surface area contributed by atoms with Gasteiger partial charge in [0.05, 0.1) is 0 Å². The molecular formula is C27H38N2O3. The van der Waals surface area contributed by atoms with E-state index in [9.17, 15) is 9.59 Å². The summed E-state index contributed by atoms with van der Waals surface area (Å²) in [5.74, 6) is 0.651. The molecule has 0 aliphatic carbocycles. The van der Waals surface area contributed by atoms with E-state index in [0.29, 0.717) is 31.2 Å². The Hall–Kier alpha value is -2.82. The summed E-state index contributed by atoms with van der Waals surface area (Å²) in [5, 5.41) is 2.97. The van der Waals surface area contributed by atoms with Gasteiger partial charge < -0.3 is 15.0 Å². The number of amides is 2. The van der Waals surface area contributed by atoms with E-state index in [-0.39, 0.29) is 23.8 Å². The summed E-state index contributed by atoms with van der Waals surface area (Å²) in [6.07, 6.45) is 0.531. The lowest BCUT2D eigenvalue weighted by Gasteiger charge is -2.30. The minimum atomic E-state index is -0.548. The topological polar surface area (TPSA) is 58.6 Å². The van der Waals surface area contributed by atoms with Gasteiger partial charge in [-0.2, -0.15) is 0 Å². The lowest BCUT2D eigenvalue weighted by atomic mass is 9.87. The van der Waals surface area contributed by atoms with Crippen LogP contribution in [0.15, 0.2) is 54.6 Å². The van der Waals surface area contributed by atoms with Gasteiger partial charge in [0, 0.05) is 13.1 Å². The second-order valence-electron chi connectivity index (χ2n) is 9.63. The normalized spacial score (nSPS) is 12.3. The average Bonchev–Trinajstić information content (AvgIpc) is 2.76. The van der Waals surface area contributed by atoms with Crippen molar-refractivity contribution in [2.45, 2.75) is 66.0 Å². The Bertz CT molecular complexity index is 855. The Morgan fingerprint density at radius 1 is 1.00 bits per heavy atom. The number of hydrogen-bond acceptors (Lipinski definition) is 3. The van der Waals surface area contributed by atoms with Crippen LogP contribution in [0.1, 0.15) is 59.1 Å². The first kappa shape index (κ1) is 25.4. The predicted octanol–water partition coefficient (Wildman–Crippen LogP) is 4.94. The number of nitrogens with zero attached hydrogens (tertiary/aromatic N) is 1. The molecular weight excluding hydrogens is 400 g/mol. The summed E-state index contributed by atoms with van der Waals surface area (Å²) in [6.45, 7) is 13.3. The first-order valence-electron chi connectivity index (χ1n) is 11.5. The summed E-state index contributed by atoms with van der Waals surface area (Å²) < 4.78 is 5.80. The molecule has 0 fully saturated rings. The first-order valence-corrected chi connectivity index (χ1v) is 11.5. The summed E-state index contributed by atoms with van der Waals surface area (Å²) in [5.41, 5.74) is 2.23. The standard InChI is InChI=1S/C27H38N2O3/c1-7-24(26(31)28-17-20(2)3)29(18-21-11-9-8-10-12-21)25(30)19-32-23-15-13-22(14-16-23)27(4,5)6/h8-16,20,24H,7,17-19H2,1-6H3,(H,28,31)/t24-/m1/s1. The molecule has 0 aromatic heterocycles. The van der Waals surface area contributed by atoms with Crippen LogP contribution < -0.4 is 10.1 Å². The third kappa shape index (κ3) is 7.70. The van der Waals surface area contributed by atoms with Gasteiger partial charge >= 0.3 is 0 Å². The number of benzene rings is 2. The quantitative estimate of drug-likeness (QED) is 0.571. The SMILES string of the molecule is CC[C@H](C(=O)NCC(C)C)N(Cc1ccccc1)C(=O)COc1ccc(C(C)(C)C)cc1. The van der Waals surface area contributed by atoms with E-state index < -0.39 is 6.04 Å². The van der Waals surface area contributed by atoms with Crippen molar-refractivity contribution in [1.82, 2.24) is 10.2 Å². The molecule has 0 aliphatic heterocycles. The number of hydrogen-bond donors (Lipinski definition) is 1. The summed E-state index contributed by atoms with van der Waals surface area (Å²) >= 11 is 0. The van der Waals surface area contributed by atoms with E-state index in [1.54, 1.807) is 4.90 Å². The summed E-state index contributed by atoms with van der Waals surface area (Å²) in [6, 6.07) is 17.0. The molecule has 0 heterocycles. The molecule has 0 saturated heterocycles. The fourth-order valence-corrected chi connectivity index (χ4v) is 3.40. The van der Waals surface area contributed by atoms with Crippen molar-refractivity contribution in [3.05, 3.63) is 65.7 Å². The number of ether oxygens (including phenoxy) is 1. The largest absolute Gasteiger partial charge is 0.484 e. The highest BCUT2D eigenvalue weighted by Crippen LogP contribution is 2.24. The second kappa shape index (κ2) is 11.7. The van der Waals surface area contributed by atoms with Crippen molar-refractivity contribution < 1.29 is 14.3 Å². The Morgan fingerprint density at radius 3 is 2.16 bits per heavy atom.